The number of amides is 1. The zero-order valence-electron chi connectivity index (χ0n) is 22.5. The lowest BCUT2D eigenvalue weighted by Gasteiger charge is -2.24. The van der Waals surface area contributed by atoms with Crippen LogP contribution in [0, 0.1) is 23.2 Å². The van der Waals surface area contributed by atoms with Crippen LogP contribution < -0.4 is 4.90 Å². The van der Waals surface area contributed by atoms with E-state index in [0.717, 1.165) is 46.7 Å². The molecule has 10 nitrogen and oxygen atoms in total. The lowest BCUT2D eigenvalue weighted by molar-refractivity contribution is -0.139. The van der Waals surface area contributed by atoms with Gasteiger partial charge in [-0.1, -0.05) is 30.3 Å². The van der Waals surface area contributed by atoms with E-state index in [4.69, 9.17) is 4.98 Å². The van der Waals surface area contributed by atoms with Crippen molar-refractivity contribution in [3.63, 3.8) is 0 Å². The van der Waals surface area contributed by atoms with Crippen LogP contribution in [0.4, 0.5) is 5.82 Å². The maximum Gasteiger partial charge on any atom is 0.256 e. The molecule has 1 amide bonds. The second-order valence-corrected chi connectivity index (χ2v) is 10.9. The highest BCUT2D eigenvalue weighted by Gasteiger charge is 2.43. The number of hydrogen-bond donors (Lipinski definition) is 1. The predicted molar refractivity (Wildman–Crippen MR) is 153 cm³/mol. The number of rotatable bonds is 5. The van der Waals surface area contributed by atoms with Gasteiger partial charge in [-0.25, -0.2) is 9.50 Å². The minimum atomic E-state index is -1.12. The third kappa shape index (κ3) is 4.40. The molecule has 6 heterocycles. The van der Waals surface area contributed by atoms with Gasteiger partial charge in [-0.05, 0) is 23.8 Å². The standard InChI is InChI=1S/C31H28N8O2/c1-36-14-24(13-34-36)22-9-27(29-23(10-32)12-35-39(29)19-22)21-7-8-28(33-11-21)37-15-25-17-38(18-26(25)16-37)31(41)30(40)20-5-3-2-4-6-20/h2-9,11-14,19,25-26,30,40H,15-18H2,1H3/t25-,26+,30?. The fraction of sp³-hybridized carbons (Fsp3) is 0.258. The van der Waals surface area contributed by atoms with E-state index in [9.17, 15) is 15.2 Å². The summed E-state index contributed by atoms with van der Waals surface area (Å²) < 4.78 is 3.50. The summed E-state index contributed by atoms with van der Waals surface area (Å²) in [4.78, 5) is 21.8. The maximum absolute atomic E-state index is 13.0. The first-order valence-electron chi connectivity index (χ1n) is 13.6. The first-order valence-corrected chi connectivity index (χ1v) is 13.6. The van der Waals surface area contributed by atoms with E-state index in [1.807, 2.05) is 62.2 Å². The smallest absolute Gasteiger partial charge is 0.256 e. The topological polar surface area (TPSA) is 116 Å². The number of pyridine rings is 2. The summed E-state index contributed by atoms with van der Waals surface area (Å²) in [7, 11) is 1.88. The Kier molecular flexibility index (Phi) is 6.02. The van der Waals surface area contributed by atoms with Crippen molar-refractivity contribution in [1.82, 2.24) is 29.3 Å². The number of carbonyl (C=O) groups is 1. The van der Waals surface area contributed by atoms with Gasteiger partial charge in [-0.3, -0.25) is 9.48 Å². The maximum atomic E-state index is 13.0. The fourth-order valence-corrected chi connectivity index (χ4v) is 6.19. The Morgan fingerprint density at radius 2 is 1.73 bits per heavy atom. The summed E-state index contributed by atoms with van der Waals surface area (Å²) in [5.41, 5.74) is 5.55. The molecule has 0 bridgehead atoms. The van der Waals surface area contributed by atoms with Crippen molar-refractivity contribution in [3.8, 4) is 28.3 Å². The van der Waals surface area contributed by atoms with Gasteiger partial charge >= 0.3 is 0 Å². The number of anilines is 1. The highest BCUT2D eigenvalue weighted by Crippen LogP contribution is 2.36. The molecule has 0 spiro atoms. The molecule has 4 aromatic heterocycles. The average molecular weight is 545 g/mol. The SMILES string of the molecule is Cn1cc(-c2cc(-c3ccc(N4C[C@H]5CN(C(=O)C(O)c6ccccc6)C[C@H]5C4)nc3)c3c(C#N)cnn3c2)cn1. The molecule has 1 N–H and O–H groups in total. The number of nitriles is 1. The number of aliphatic hydroxyl groups is 1. The minimum Gasteiger partial charge on any atom is -0.378 e. The number of aromatic nitrogens is 5. The van der Waals surface area contributed by atoms with Crippen LogP contribution in [0.2, 0.25) is 0 Å². The Bertz CT molecular complexity index is 1770. The number of likely N-dealkylation sites (tertiary alicyclic amines) is 1. The molecule has 1 aromatic carbocycles. The Labute approximate surface area is 236 Å². The van der Waals surface area contributed by atoms with Crippen molar-refractivity contribution in [1.29, 1.82) is 5.26 Å². The van der Waals surface area contributed by atoms with E-state index >= 15 is 0 Å². The van der Waals surface area contributed by atoms with Gasteiger partial charge in [0.05, 0.1) is 23.5 Å². The van der Waals surface area contributed by atoms with E-state index in [-0.39, 0.29) is 5.91 Å². The monoisotopic (exact) mass is 544 g/mol. The molecule has 2 fully saturated rings. The van der Waals surface area contributed by atoms with Crippen molar-refractivity contribution < 1.29 is 9.90 Å². The lowest BCUT2D eigenvalue weighted by atomic mass is 10.0. The van der Waals surface area contributed by atoms with E-state index in [1.54, 1.807) is 32.4 Å². The number of aliphatic hydroxyl groups excluding tert-OH is 1. The van der Waals surface area contributed by atoms with Gasteiger partial charge in [0.1, 0.15) is 11.9 Å². The van der Waals surface area contributed by atoms with Gasteiger partial charge in [0.25, 0.3) is 5.91 Å². The van der Waals surface area contributed by atoms with Crippen molar-refractivity contribution in [3.05, 3.63) is 90.6 Å². The number of nitrogens with zero attached hydrogens (tertiary/aromatic N) is 8. The fourth-order valence-electron chi connectivity index (χ4n) is 6.19. The van der Waals surface area contributed by atoms with Gasteiger partial charge in [-0.15, -0.1) is 0 Å². The van der Waals surface area contributed by atoms with Crippen LogP contribution in [0.1, 0.15) is 17.2 Å². The molecule has 1 unspecified atom stereocenters. The van der Waals surface area contributed by atoms with Crippen LogP contribution in [-0.4, -0.2) is 66.5 Å². The van der Waals surface area contributed by atoms with Crippen molar-refractivity contribution in [2.24, 2.45) is 18.9 Å². The quantitative estimate of drug-likeness (QED) is 0.361. The molecule has 41 heavy (non-hydrogen) atoms. The van der Waals surface area contributed by atoms with E-state index in [1.165, 1.54) is 0 Å². The molecule has 204 valence electrons. The van der Waals surface area contributed by atoms with Crippen molar-refractivity contribution in [2.75, 3.05) is 31.1 Å². The van der Waals surface area contributed by atoms with Gasteiger partial charge in [-0.2, -0.15) is 15.5 Å². The van der Waals surface area contributed by atoms with E-state index in [2.05, 4.69) is 27.2 Å². The van der Waals surface area contributed by atoms with Crippen molar-refractivity contribution in [2.45, 2.75) is 6.10 Å². The molecular formula is C31H28N8O2. The van der Waals surface area contributed by atoms with Gasteiger partial charge in [0, 0.05) is 85.9 Å². The summed E-state index contributed by atoms with van der Waals surface area (Å²) in [5, 5.41) is 29.0. The third-order valence-electron chi connectivity index (χ3n) is 8.30. The van der Waals surface area contributed by atoms with Crippen LogP contribution in [0.15, 0.2) is 79.5 Å². The molecule has 0 aliphatic carbocycles. The molecule has 3 atom stereocenters. The summed E-state index contributed by atoms with van der Waals surface area (Å²) >= 11 is 0. The first-order chi connectivity index (χ1) is 20.0. The minimum absolute atomic E-state index is 0.226. The highest BCUT2D eigenvalue weighted by atomic mass is 16.3. The number of hydrogen-bond acceptors (Lipinski definition) is 7. The number of fused-ring (bicyclic) bond motifs is 2. The van der Waals surface area contributed by atoms with E-state index < -0.39 is 6.10 Å². The third-order valence-corrected chi connectivity index (χ3v) is 8.30. The Balaban J connectivity index is 1.09. The van der Waals surface area contributed by atoms with Gasteiger partial charge in [0.2, 0.25) is 0 Å². The zero-order valence-corrected chi connectivity index (χ0v) is 22.5. The number of carbonyl (C=O) groups excluding carboxylic acids is 1. The van der Waals surface area contributed by atoms with Crippen LogP contribution in [-0.2, 0) is 11.8 Å². The largest absolute Gasteiger partial charge is 0.378 e. The highest BCUT2D eigenvalue weighted by molar-refractivity contribution is 5.87. The molecule has 0 radical (unpaired) electrons. The second kappa shape index (κ2) is 9.87. The lowest BCUT2D eigenvalue weighted by Crippen LogP contribution is -2.36. The molecule has 2 aliphatic rings. The van der Waals surface area contributed by atoms with Crippen molar-refractivity contribution >= 4 is 17.2 Å². The summed E-state index contributed by atoms with van der Waals surface area (Å²) in [6, 6.07) is 17.5. The Morgan fingerprint density at radius 3 is 2.39 bits per heavy atom. The zero-order chi connectivity index (χ0) is 28.1. The molecule has 2 saturated heterocycles. The van der Waals surface area contributed by atoms with Crippen LogP contribution >= 0.6 is 0 Å². The second-order valence-electron chi connectivity index (χ2n) is 10.9. The Morgan fingerprint density at radius 1 is 0.951 bits per heavy atom. The van der Waals surface area contributed by atoms with Gasteiger partial charge in [0.15, 0.2) is 6.10 Å². The molecule has 2 aliphatic heterocycles. The van der Waals surface area contributed by atoms with Crippen LogP contribution in [0.25, 0.3) is 27.8 Å². The first kappa shape index (κ1) is 25.0. The summed E-state index contributed by atoms with van der Waals surface area (Å²) in [6.07, 6.45) is 7.98. The normalized spacial score (nSPS) is 19.0. The molecule has 5 aromatic rings. The molecule has 7 rings (SSSR count). The number of aryl methyl sites for hydroxylation is 1. The van der Waals surface area contributed by atoms with E-state index in [0.29, 0.717) is 36.1 Å². The summed E-state index contributed by atoms with van der Waals surface area (Å²) in [6.45, 7) is 2.90. The van der Waals surface area contributed by atoms with Gasteiger partial charge < -0.3 is 14.9 Å². The number of benzene rings is 1. The van der Waals surface area contributed by atoms with Crippen LogP contribution in [0.3, 0.4) is 0 Å². The summed E-state index contributed by atoms with van der Waals surface area (Å²) in [5.74, 6) is 1.34. The molecular weight excluding hydrogens is 516 g/mol. The van der Waals surface area contributed by atoms with Crippen LogP contribution in [0.5, 0.6) is 0 Å². The molecule has 0 saturated carbocycles. The predicted octanol–water partition coefficient (Wildman–Crippen LogP) is 3.30. The Hall–Kier alpha value is -5.01. The molecule has 10 heteroatoms. The average Bonchev–Trinajstić information content (AvgIpc) is 3.79.